The van der Waals surface area contributed by atoms with Crippen molar-refractivity contribution in [2.24, 2.45) is 5.92 Å². The first-order valence-corrected chi connectivity index (χ1v) is 7.50. The number of ether oxygens (including phenoxy) is 1. The van der Waals surface area contributed by atoms with Gasteiger partial charge in [-0.25, -0.2) is 0 Å². The fourth-order valence-electron chi connectivity index (χ4n) is 2.80. The van der Waals surface area contributed by atoms with Crippen LogP contribution < -0.4 is 4.74 Å². The Hall–Kier alpha value is -1.31. The standard InChI is InChI=1S/C17H24O2/c1-3-5-8-13(4-2)11-16(18)15-12-19-17-10-7-6-9-14(15)17/h6-7,9-10,13,15H,3-5,8,11-12H2,1-2H3. The molecule has 1 aliphatic heterocycles. The highest BCUT2D eigenvalue weighted by Crippen LogP contribution is 2.35. The molecule has 1 aromatic rings. The van der Waals surface area contributed by atoms with Gasteiger partial charge in [0.05, 0.1) is 5.92 Å². The molecule has 1 heterocycles. The van der Waals surface area contributed by atoms with Crippen molar-refractivity contribution in [2.75, 3.05) is 6.61 Å². The van der Waals surface area contributed by atoms with E-state index in [1.165, 1.54) is 19.3 Å². The number of rotatable bonds is 7. The molecule has 0 N–H and O–H groups in total. The first-order chi connectivity index (χ1) is 9.26. The lowest BCUT2D eigenvalue weighted by molar-refractivity contribution is -0.121. The summed E-state index contributed by atoms with van der Waals surface area (Å²) in [5.41, 5.74) is 1.08. The maximum Gasteiger partial charge on any atom is 0.144 e. The van der Waals surface area contributed by atoms with Gasteiger partial charge in [-0.2, -0.15) is 0 Å². The Balaban J connectivity index is 1.97. The molecule has 0 bridgehead atoms. The van der Waals surface area contributed by atoms with E-state index in [0.717, 1.165) is 17.7 Å². The van der Waals surface area contributed by atoms with Crippen LogP contribution >= 0.6 is 0 Å². The van der Waals surface area contributed by atoms with E-state index in [1.54, 1.807) is 0 Å². The highest BCUT2D eigenvalue weighted by atomic mass is 16.5. The maximum absolute atomic E-state index is 12.5. The van der Waals surface area contributed by atoms with E-state index in [1.807, 2.05) is 24.3 Å². The summed E-state index contributed by atoms with van der Waals surface area (Å²) in [6.45, 7) is 4.92. The maximum atomic E-state index is 12.5. The summed E-state index contributed by atoms with van der Waals surface area (Å²) >= 11 is 0. The average Bonchev–Trinajstić information content (AvgIpc) is 2.87. The molecule has 1 aromatic carbocycles. The Morgan fingerprint density at radius 1 is 1.37 bits per heavy atom. The Morgan fingerprint density at radius 2 is 2.16 bits per heavy atom. The van der Waals surface area contributed by atoms with Crippen LogP contribution in [0.1, 0.15) is 57.4 Å². The number of unbranched alkanes of at least 4 members (excludes halogenated alkanes) is 1. The highest BCUT2D eigenvalue weighted by molar-refractivity contribution is 5.87. The van der Waals surface area contributed by atoms with Crippen molar-refractivity contribution in [3.63, 3.8) is 0 Å². The number of carbonyl (C=O) groups excluding carboxylic acids is 1. The number of hydrogen-bond acceptors (Lipinski definition) is 2. The first-order valence-electron chi connectivity index (χ1n) is 7.50. The van der Waals surface area contributed by atoms with Crippen molar-refractivity contribution in [1.29, 1.82) is 0 Å². The van der Waals surface area contributed by atoms with Crippen molar-refractivity contribution in [2.45, 2.75) is 51.9 Å². The monoisotopic (exact) mass is 260 g/mol. The van der Waals surface area contributed by atoms with E-state index in [-0.39, 0.29) is 5.92 Å². The van der Waals surface area contributed by atoms with Gasteiger partial charge in [0.25, 0.3) is 0 Å². The second-order valence-corrected chi connectivity index (χ2v) is 5.49. The molecule has 0 saturated heterocycles. The van der Waals surface area contributed by atoms with Gasteiger partial charge in [-0.05, 0) is 12.0 Å². The van der Waals surface area contributed by atoms with Gasteiger partial charge in [-0.15, -0.1) is 0 Å². The molecule has 1 aliphatic rings. The van der Waals surface area contributed by atoms with Gasteiger partial charge >= 0.3 is 0 Å². The Kier molecular flexibility index (Phi) is 5.00. The van der Waals surface area contributed by atoms with Gasteiger partial charge in [0, 0.05) is 12.0 Å². The molecule has 104 valence electrons. The summed E-state index contributed by atoms with van der Waals surface area (Å²) < 4.78 is 5.61. The summed E-state index contributed by atoms with van der Waals surface area (Å²) in [6.07, 6.45) is 5.41. The SMILES string of the molecule is CCCCC(CC)CC(=O)C1COc2ccccc21. The molecular formula is C17H24O2. The number of fused-ring (bicyclic) bond motifs is 1. The van der Waals surface area contributed by atoms with Crippen LogP contribution in [0.2, 0.25) is 0 Å². The second-order valence-electron chi connectivity index (χ2n) is 5.49. The Labute approximate surface area is 116 Å². The summed E-state index contributed by atoms with van der Waals surface area (Å²) in [5.74, 6) is 1.75. The van der Waals surface area contributed by atoms with Crippen LogP contribution in [0.4, 0.5) is 0 Å². The lowest BCUT2D eigenvalue weighted by Crippen LogP contribution is -2.17. The predicted octanol–water partition coefficient (Wildman–Crippen LogP) is 4.34. The van der Waals surface area contributed by atoms with Gasteiger partial charge in [0.15, 0.2) is 0 Å². The molecule has 19 heavy (non-hydrogen) atoms. The third kappa shape index (κ3) is 3.37. The number of para-hydroxylation sites is 1. The number of benzene rings is 1. The molecule has 0 aromatic heterocycles. The van der Waals surface area contributed by atoms with E-state index < -0.39 is 0 Å². The van der Waals surface area contributed by atoms with Crippen molar-refractivity contribution < 1.29 is 9.53 Å². The molecule has 2 unspecified atom stereocenters. The molecule has 2 atom stereocenters. The van der Waals surface area contributed by atoms with Crippen LogP contribution in [-0.4, -0.2) is 12.4 Å². The van der Waals surface area contributed by atoms with Crippen molar-refractivity contribution >= 4 is 5.78 Å². The summed E-state index contributed by atoms with van der Waals surface area (Å²) in [7, 11) is 0. The largest absolute Gasteiger partial charge is 0.492 e. The van der Waals surface area contributed by atoms with Gasteiger partial charge < -0.3 is 4.74 Å². The normalized spacial score (nSPS) is 18.7. The fourth-order valence-corrected chi connectivity index (χ4v) is 2.80. The number of carbonyl (C=O) groups is 1. The van der Waals surface area contributed by atoms with Crippen LogP contribution in [0.3, 0.4) is 0 Å². The summed E-state index contributed by atoms with van der Waals surface area (Å²) in [6, 6.07) is 7.93. The zero-order valence-electron chi connectivity index (χ0n) is 12.0. The number of Topliss-reactive ketones (excluding diaryl/α,β-unsaturated/α-hetero) is 1. The molecule has 0 radical (unpaired) electrons. The van der Waals surface area contributed by atoms with Crippen molar-refractivity contribution in [3.8, 4) is 5.75 Å². The Morgan fingerprint density at radius 3 is 2.89 bits per heavy atom. The molecule has 2 heteroatoms. The van der Waals surface area contributed by atoms with Crippen LogP contribution in [0.15, 0.2) is 24.3 Å². The smallest absolute Gasteiger partial charge is 0.144 e. The number of ketones is 1. The summed E-state index contributed by atoms with van der Waals surface area (Å²) in [5, 5.41) is 0. The predicted molar refractivity (Wildman–Crippen MR) is 77.6 cm³/mol. The lowest BCUT2D eigenvalue weighted by Gasteiger charge is -2.15. The van der Waals surface area contributed by atoms with Crippen LogP contribution in [0, 0.1) is 5.92 Å². The van der Waals surface area contributed by atoms with Gasteiger partial charge in [-0.3, -0.25) is 4.79 Å². The first kappa shape index (κ1) is 14.1. The zero-order valence-corrected chi connectivity index (χ0v) is 12.0. The van der Waals surface area contributed by atoms with E-state index in [0.29, 0.717) is 24.7 Å². The molecule has 0 saturated carbocycles. The molecule has 2 nitrogen and oxygen atoms in total. The van der Waals surface area contributed by atoms with E-state index in [9.17, 15) is 4.79 Å². The minimum Gasteiger partial charge on any atom is -0.492 e. The summed E-state index contributed by atoms with van der Waals surface area (Å²) in [4.78, 5) is 12.5. The Bertz CT molecular complexity index is 425. The van der Waals surface area contributed by atoms with E-state index >= 15 is 0 Å². The third-order valence-electron chi connectivity index (χ3n) is 4.12. The molecule has 0 aliphatic carbocycles. The van der Waals surface area contributed by atoms with Crippen molar-refractivity contribution in [1.82, 2.24) is 0 Å². The van der Waals surface area contributed by atoms with Crippen molar-refractivity contribution in [3.05, 3.63) is 29.8 Å². The van der Waals surface area contributed by atoms with Crippen LogP contribution in [0.5, 0.6) is 5.75 Å². The topological polar surface area (TPSA) is 26.3 Å². The number of hydrogen-bond donors (Lipinski definition) is 0. The fraction of sp³-hybridized carbons (Fsp3) is 0.588. The molecule has 2 rings (SSSR count). The quantitative estimate of drug-likeness (QED) is 0.729. The van der Waals surface area contributed by atoms with E-state index in [2.05, 4.69) is 13.8 Å². The van der Waals surface area contributed by atoms with Gasteiger partial charge in [0.2, 0.25) is 0 Å². The molecule has 0 spiro atoms. The van der Waals surface area contributed by atoms with Gasteiger partial charge in [0.1, 0.15) is 18.1 Å². The zero-order chi connectivity index (χ0) is 13.7. The molecule has 0 fully saturated rings. The minimum atomic E-state index is -0.0353. The lowest BCUT2D eigenvalue weighted by atomic mass is 9.87. The third-order valence-corrected chi connectivity index (χ3v) is 4.12. The molecule has 0 amide bonds. The van der Waals surface area contributed by atoms with E-state index in [4.69, 9.17) is 4.74 Å². The minimum absolute atomic E-state index is 0.0353. The second kappa shape index (κ2) is 6.74. The average molecular weight is 260 g/mol. The van der Waals surface area contributed by atoms with Crippen LogP contribution in [0.25, 0.3) is 0 Å². The van der Waals surface area contributed by atoms with Gasteiger partial charge in [-0.1, -0.05) is 57.7 Å². The highest BCUT2D eigenvalue weighted by Gasteiger charge is 2.30. The van der Waals surface area contributed by atoms with Crippen LogP contribution in [-0.2, 0) is 4.79 Å². The molecular weight excluding hydrogens is 236 g/mol.